The Kier molecular flexibility index (Phi) is 6.72. The van der Waals surface area contributed by atoms with E-state index in [0.29, 0.717) is 62.7 Å². The molecule has 1 N–H and O–H groups in total. The smallest absolute Gasteiger partial charge is 0.236 e. The molecule has 1 amide bonds. The number of pyridine rings is 2. The number of anilines is 1. The van der Waals surface area contributed by atoms with Crippen molar-refractivity contribution in [3.8, 4) is 11.3 Å². The lowest BCUT2D eigenvalue weighted by Gasteiger charge is -2.37. The molecule has 0 radical (unpaired) electrons. The summed E-state index contributed by atoms with van der Waals surface area (Å²) in [5, 5.41) is 4.92. The number of nitrogens with zero attached hydrogens (tertiary/aromatic N) is 7. The zero-order valence-electron chi connectivity index (χ0n) is 23.0. The largest absolute Gasteiger partial charge is 0.379 e. The zero-order valence-corrected chi connectivity index (χ0v) is 23.0. The molecule has 206 valence electrons. The van der Waals surface area contributed by atoms with E-state index in [1.165, 1.54) is 0 Å². The summed E-state index contributed by atoms with van der Waals surface area (Å²) in [4.78, 5) is 31.2. The summed E-state index contributed by atoms with van der Waals surface area (Å²) < 4.78 is 23.5. The molecule has 0 bridgehead atoms. The molecule has 0 atom stereocenters. The van der Waals surface area contributed by atoms with Gasteiger partial charge in [-0.05, 0) is 36.5 Å². The van der Waals surface area contributed by atoms with Gasteiger partial charge >= 0.3 is 0 Å². The molecule has 4 aromatic rings. The molecule has 6 heterocycles. The van der Waals surface area contributed by atoms with E-state index >= 15 is 4.39 Å². The van der Waals surface area contributed by atoms with Crippen molar-refractivity contribution < 1.29 is 13.9 Å². The van der Waals surface area contributed by atoms with Crippen LogP contribution in [-0.4, -0.2) is 99.3 Å². The Morgan fingerprint density at radius 3 is 2.54 bits per heavy atom. The van der Waals surface area contributed by atoms with Crippen LogP contribution in [0.1, 0.15) is 36.5 Å². The maximum absolute atomic E-state index is 16.3. The van der Waals surface area contributed by atoms with Gasteiger partial charge in [0.05, 0.1) is 37.2 Å². The first kappa shape index (κ1) is 25.7. The fourth-order valence-corrected chi connectivity index (χ4v) is 5.84. The fraction of sp³-hybridized carbons (Fsp3) is 0.500. The van der Waals surface area contributed by atoms with Crippen molar-refractivity contribution in [2.24, 2.45) is 0 Å². The van der Waals surface area contributed by atoms with E-state index < -0.39 is 0 Å². The maximum Gasteiger partial charge on any atom is 0.236 e. The van der Waals surface area contributed by atoms with Gasteiger partial charge in [-0.2, -0.15) is 5.10 Å². The van der Waals surface area contributed by atoms with Crippen LogP contribution in [0.5, 0.6) is 0 Å². The second kappa shape index (κ2) is 10.2. The SMILES string of the molecule is Cc1c(-c2[nH]c3cnc(N4CCN(C(=O)CN5CCOCC5)CC4)c(F)c3c2C(C)C)cn2ncnc2c1C. The van der Waals surface area contributed by atoms with Gasteiger partial charge in [0.2, 0.25) is 5.91 Å². The molecule has 0 aliphatic carbocycles. The number of amides is 1. The molecule has 2 fully saturated rings. The molecule has 6 rings (SSSR count). The number of morpholine rings is 1. The van der Waals surface area contributed by atoms with Gasteiger partial charge in [-0.1, -0.05) is 13.8 Å². The molecule has 10 nitrogen and oxygen atoms in total. The summed E-state index contributed by atoms with van der Waals surface area (Å²) in [5.41, 5.74) is 6.39. The normalized spacial score (nSPS) is 17.2. The van der Waals surface area contributed by atoms with E-state index in [-0.39, 0.29) is 17.6 Å². The Balaban J connectivity index is 1.29. The molecule has 0 aromatic carbocycles. The first-order chi connectivity index (χ1) is 18.8. The highest BCUT2D eigenvalue weighted by molar-refractivity contribution is 5.94. The van der Waals surface area contributed by atoms with Crippen LogP contribution in [0, 0.1) is 19.7 Å². The number of nitrogens with one attached hydrogen (secondary N) is 1. The van der Waals surface area contributed by atoms with Crippen LogP contribution in [0.4, 0.5) is 10.2 Å². The molecule has 0 saturated carbocycles. The molecule has 11 heteroatoms. The summed E-state index contributed by atoms with van der Waals surface area (Å²) in [6, 6.07) is 0. The lowest BCUT2D eigenvalue weighted by atomic mass is 9.94. The summed E-state index contributed by atoms with van der Waals surface area (Å²) in [6.07, 6.45) is 5.24. The summed E-state index contributed by atoms with van der Waals surface area (Å²) in [5.74, 6) is 0.213. The molecular weight excluding hydrogens is 499 g/mol. The number of aryl methyl sites for hydroxylation is 1. The topological polar surface area (TPSA) is 94.9 Å². The summed E-state index contributed by atoms with van der Waals surface area (Å²) in [7, 11) is 0. The lowest BCUT2D eigenvalue weighted by Crippen LogP contribution is -2.52. The first-order valence-corrected chi connectivity index (χ1v) is 13.7. The average molecular weight is 535 g/mol. The van der Waals surface area contributed by atoms with Crippen molar-refractivity contribution in [1.29, 1.82) is 0 Å². The molecule has 2 aliphatic rings. The minimum atomic E-state index is -0.317. The van der Waals surface area contributed by atoms with E-state index in [4.69, 9.17) is 4.74 Å². The second-order valence-corrected chi connectivity index (χ2v) is 10.8. The van der Waals surface area contributed by atoms with Gasteiger partial charge < -0.3 is 19.5 Å². The van der Waals surface area contributed by atoms with Crippen LogP contribution in [-0.2, 0) is 9.53 Å². The Labute approximate surface area is 226 Å². The van der Waals surface area contributed by atoms with Crippen LogP contribution in [0.25, 0.3) is 27.8 Å². The van der Waals surface area contributed by atoms with Crippen molar-refractivity contribution in [2.45, 2.75) is 33.6 Å². The number of carbonyl (C=O) groups is 1. The second-order valence-electron chi connectivity index (χ2n) is 10.8. The zero-order chi connectivity index (χ0) is 27.3. The number of hydrogen-bond donors (Lipinski definition) is 1. The fourth-order valence-electron chi connectivity index (χ4n) is 5.84. The van der Waals surface area contributed by atoms with Gasteiger partial charge in [-0.3, -0.25) is 9.69 Å². The standard InChI is InChI=1S/C28H35FN8O2/c1-17(2)23-24-21(33-26(23)20-14-37-27(31-16-32-37)19(4)18(20)3)13-30-28(25(24)29)36-7-5-35(6-8-36)22(38)15-34-9-11-39-12-10-34/h13-14,16-17,33H,5-12,15H2,1-4H3. The van der Waals surface area contributed by atoms with Crippen molar-refractivity contribution >= 4 is 28.3 Å². The Bertz CT molecular complexity index is 1530. The minimum absolute atomic E-state index is 0.0688. The van der Waals surface area contributed by atoms with Crippen molar-refractivity contribution in [3.05, 3.63) is 41.2 Å². The van der Waals surface area contributed by atoms with Crippen LogP contribution >= 0.6 is 0 Å². The predicted molar refractivity (Wildman–Crippen MR) is 148 cm³/mol. The van der Waals surface area contributed by atoms with Gasteiger partial charge in [0.25, 0.3) is 0 Å². The Morgan fingerprint density at radius 1 is 1.08 bits per heavy atom. The quantitative estimate of drug-likeness (QED) is 0.420. The number of carbonyl (C=O) groups excluding carboxylic acids is 1. The highest BCUT2D eigenvalue weighted by atomic mass is 19.1. The van der Waals surface area contributed by atoms with Crippen LogP contribution in [0.15, 0.2) is 18.7 Å². The highest BCUT2D eigenvalue weighted by Gasteiger charge is 2.28. The summed E-state index contributed by atoms with van der Waals surface area (Å²) in [6.45, 7) is 13.8. The number of rotatable bonds is 5. The van der Waals surface area contributed by atoms with Gasteiger partial charge in [0.1, 0.15) is 6.33 Å². The van der Waals surface area contributed by atoms with Gasteiger partial charge in [-0.15, -0.1) is 0 Å². The van der Waals surface area contributed by atoms with E-state index in [2.05, 4.69) is 45.7 Å². The molecular formula is C28H35FN8O2. The van der Waals surface area contributed by atoms with Crippen molar-refractivity contribution in [2.75, 3.05) is 63.9 Å². The van der Waals surface area contributed by atoms with Crippen molar-refractivity contribution in [3.63, 3.8) is 0 Å². The monoisotopic (exact) mass is 534 g/mol. The van der Waals surface area contributed by atoms with Crippen LogP contribution < -0.4 is 4.90 Å². The molecule has 2 saturated heterocycles. The first-order valence-electron chi connectivity index (χ1n) is 13.7. The van der Waals surface area contributed by atoms with Gasteiger partial charge in [-0.25, -0.2) is 18.9 Å². The maximum atomic E-state index is 16.3. The van der Waals surface area contributed by atoms with Crippen LogP contribution in [0.3, 0.4) is 0 Å². The van der Waals surface area contributed by atoms with Crippen LogP contribution in [0.2, 0.25) is 0 Å². The number of aromatic nitrogens is 5. The Hall–Kier alpha value is -3.57. The third-order valence-electron chi connectivity index (χ3n) is 8.17. The third-order valence-corrected chi connectivity index (χ3v) is 8.17. The number of piperazine rings is 1. The predicted octanol–water partition coefficient (Wildman–Crippen LogP) is 3.13. The summed E-state index contributed by atoms with van der Waals surface area (Å²) >= 11 is 0. The van der Waals surface area contributed by atoms with E-state index in [0.717, 1.165) is 46.7 Å². The van der Waals surface area contributed by atoms with E-state index in [9.17, 15) is 4.79 Å². The molecule has 39 heavy (non-hydrogen) atoms. The number of aromatic amines is 1. The highest BCUT2D eigenvalue weighted by Crippen LogP contribution is 2.40. The number of fused-ring (bicyclic) bond motifs is 2. The Morgan fingerprint density at radius 2 is 1.82 bits per heavy atom. The number of hydrogen-bond acceptors (Lipinski definition) is 7. The molecule has 0 spiro atoms. The number of H-pyrrole nitrogens is 1. The number of ether oxygens (including phenoxy) is 1. The third kappa shape index (κ3) is 4.53. The molecule has 0 unspecified atom stereocenters. The van der Waals surface area contributed by atoms with Gasteiger partial charge in [0, 0.05) is 56.4 Å². The average Bonchev–Trinajstić information content (AvgIpc) is 3.57. The number of halogens is 1. The molecule has 4 aromatic heterocycles. The van der Waals surface area contributed by atoms with Gasteiger partial charge in [0.15, 0.2) is 17.3 Å². The van der Waals surface area contributed by atoms with E-state index in [1.54, 1.807) is 17.0 Å². The van der Waals surface area contributed by atoms with Crippen molar-refractivity contribution in [1.82, 2.24) is 34.4 Å². The minimum Gasteiger partial charge on any atom is -0.379 e. The van der Waals surface area contributed by atoms with E-state index in [1.807, 2.05) is 22.9 Å². The lowest BCUT2D eigenvalue weighted by molar-refractivity contribution is -0.133. The molecule has 2 aliphatic heterocycles.